The van der Waals surface area contributed by atoms with E-state index in [2.05, 4.69) is 0 Å². The number of likely N-dealkylation sites (tertiary alicyclic amines) is 2. The summed E-state index contributed by atoms with van der Waals surface area (Å²) in [5.41, 5.74) is 0.725. The van der Waals surface area contributed by atoms with Crippen molar-refractivity contribution in [3.05, 3.63) is 34.5 Å². The van der Waals surface area contributed by atoms with Crippen molar-refractivity contribution in [2.75, 3.05) is 26.2 Å². The predicted molar refractivity (Wildman–Crippen MR) is 101 cm³/mol. The third-order valence-corrected chi connectivity index (χ3v) is 6.89. The lowest BCUT2D eigenvalue weighted by Gasteiger charge is -2.33. The van der Waals surface area contributed by atoms with Gasteiger partial charge in [-0.05, 0) is 50.3 Å². The molecule has 3 heterocycles. The van der Waals surface area contributed by atoms with Crippen molar-refractivity contribution in [1.82, 2.24) is 9.80 Å². The molecule has 0 N–H and O–H groups in total. The van der Waals surface area contributed by atoms with E-state index in [0.717, 1.165) is 49.0 Å². The van der Waals surface area contributed by atoms with Crippen LogP contribution in [0.3, 0.4) is 0 Å². The molecular formula is C20H23FN2O2S. The summed E-state index contributed by atoms with van der Waals surface area (Å²) in [4.78, 5) is 29.9. The van der Waals surface area contributed by atoms with Crippen LogP contribution in [0.5, 0.6) is 0 Å². The molecule has 6 heteroatoms. The number of halogens is 1. The number of thiophene rings is 1. The van der Waals surface area contributed by atoms with E-state index < -0.39 is 0 Å². The van der Waals surface area contributed by atoms with Crippen molar-refractivity contribution < 1.29 is 14.0 Å². The molecule has 0 aliphatic carbocycles. The Morgan fingerprint density at radius 3 is 2.42 bits per heavy atom. The van der Waals surface area contributed by atoms with Gasteiger partial charge in [-0.1, -0.05) is 6.07 Å². The fourth-order valence-corrected chi connectivity index (χ4v) is 5.32. The maximum Gasteiger partial charge on any atom is 0.264 e. The monoisotopic (exact) mass is 374 g/mol. The SMILES string of the molecule is Cc1c(C(=O)N2CCC(C(=O)N3CCCC3)CC2)sc2cccc(F)c12. The summed E-state index contributed by atoms with van der Waals surface area (Å²) in [5.74, 6) is -0.00629. The number of piperidine rings is 1. The highest BCUT2D eigenvalue weighted by molar-refractivity contribution is 7.21. The summed E-state index contributed by atoms with van der Waals surface area (Å²) in [5, 5.41) is 0.556. The number of carbonyl (C=O) groups is 2. The molecule has 0 bridgehead atoms. The first-order valence-electron chi connectivity index (χ1n) is 9.32. The molecule has 2 saturated heterocycles. The Morgan fingerprint density at radius 2 is 1.77 bits per heavy atom. The number of amides is 2. The lowest BCUT2D eigenvalue weighted by molar-refractivity contribution is -0.135. The predicted octanol–water partition coefficient (Wildman–Crippen LogP) is 3.82. The van der Waals surface area contributed by atoms with Gasteiger partial charge in [0.1, 0.15) is 5.82 Å². The van der Waals surface area contributed by atoms with E-state index in [-0.39, 0.29) is 23.5 Å². The first-order chi connectivity index (χ1) is 12.6. The average Bonchev–Trinajstić information content (AvgIpc) is 3.30. The summed E-state index contributed by atoms with van der Waals surface area (Å²) in [6.07, 6.45) is 3.65. The van der Waals surface area contributed by atoms with Crippen molar-refractivity contribution in [2.45, 2.75) is 32.6 Å². The van der Waals surface area contributed by atoms with Gasteiger partial charge in [-0.25, -0.2) is 4.39 Å². The molecule has 26 heavy (non-hydrogen) atoms. The van der Waals surface area contributed by atoms with Crippen LogP contribution in [0.2, 0.25) is 0 Å². The van der Waals surface area contributed by atoms with Crippen LogP contribution in [0.15, 0.2) is 18.2 Å². The highest BCUT2D eigenvalue weighted by Gasteiger charge is 2.32. The molecule has 2 aliphatic heterocycles. The molecule has 0 atom stereocenters. The second-order valence-electron chi connectivity index (χ2n) is 7.27. The molecule has 1 aromatic carbocycles. The zero-order chi connectivity index (χ0) is 18.3. The van der Waals surface area contributed by atoms with Crippen molar-refractivity contribution in [1.29, 1.82) is 0 Å². The number of rotatable bonds is 2. The van der Waals surface area contributed by atoms with Gasteiger partial charge >= 0.3 is 0 Å². The lowest BCUT2D eigenvalue weighted by Crippen LogP contribution is -2.43. The fraction of sp³-hybridized carbons (Fsp3) is 0.500. The summed E-state index contributed by atoms with van der Waals surface area (Å²) in [6, 6.07) is 4.97. The molecule has 2 aliphatic rings. The minimum atomic E-state index is -0.273. The van der Waals surface area contributed by atoms with E-state index in [1.54, 1.807) is 6.07 Å². The van der Waals surface area contributed by atoms with E-state index in [1.807, 2.05) is 22.8 Å². The summed E-state index contributed by atoms with van der Waals surface area (Å²) < 4.78 is 14.9. The second-order valence-corrected chi connectivity index (χ2v) is 8.32. The smallest absolute Gasteiger partial charge is 0.264 e. The number of hydrogen-bond donors (Lipinski definition) is 0. The molecule has 0 unspecified atom stereocenters. The topological polar surface area (TPSA) is 40.6 Å². The molecule has 2 aromatic rings. The van der Waals surface area contributed by atoms with Crippen molar-refractivity contribution in [3.63, 3.8) is 0 Å². The number of fused-ring (bicyclic) bond motifs is 1. The Balaban J connectivity index is 1.46. The number of benzene rings is 1. The Bertz CT molecular complexity index is 849. The van der Waals surface area contributed by atoms with Crippen molar-refractivity contribution in [3.8, 4) is 0 Å². The molecule has 2 fully saturated rings. The van der Waals surface area contributed by atoms with Crippen LogP contribution in [0.25, 0.3) is 10.1 Å². The van der Waals surface area contributed by atoms with Gasteiger partial charge in [-0.15, -0.1) is 11.3 Å². The summed E-state index contributed by atoms with van der Waals surface area (Å²) in [6.45, 7) is 4.77. The Hall–Kier alpha value is -1.95. The molecular weight excluding hydrogens is 351 g/mol. The number of hydrogen-bond acceptors (Lipinski definition) is 3. The third kappa shape index (κ3) is 3.00. The van der Waals surface area contributed by atoms with Crippen LogP contribution in [0.4, 0.5) is 4.39 Å². The van der Waals surface area contributed by atoms with Gasteiger partial charge in [0.05, 0.1) is 4.88 Å². The van der Waals surface area contributed by atoms with Gasteiger partial charge in [0.15, 0.2) is 0 Å². The van der Waals surface area contributed by atoms with Crippen molar-refractivity contribution >= 4 is 33.2 Å². The number of nitrogens with zero attached hydrogens (tertiary/aromatic N) is 2. The zero-order valence-electron chi connectivity index (χ0n) is 15.0. The molecule has 1 aromatic heterocycles. The molecule has 0 saturated carbocycles. The van der Waals surface area contributed by atoms with Crippen LogP contribution in [-0.4, -0.2) is 47.8 Å². The standard InChI is InChI=1S/C20H23FN2O2S/c1-13-17-15(21)5-4-6-16(17)26-18(13)20(25)23-11-7-14(8-12-23)19(24)22-9-2-3-10-22/h4-6,14H,2-3,7-12H2,1H3. The van der Waals surface area contributed by atoms with Crippen molar-refractivity contribution in [2.24, 2.45) is 5.92 Å². The maximum absolute atomic E-state index is 14.1. The normalized spacial score (nSPS) is 18.7. The molecule has 138 valence electrons. The van der Waals surface area contributed by atoms with Gasteiger partial charge in [-0.2, -0.15) is 0 Å². The van der Waals surface area contributed by atoms with E-state index >= 15 is 0 Å². The van der Waals surface area contributed by atoms with E-state index in [9.17, 15) is 14.0 Å². The molecule has 0 spiro atoms. The molecule has 2 amide bonds. The largest absolute Gasteiger partial charge is 0.342 e. The number of aryl methyl sites for hydroxylation is 1. The van der Waals surface area contributed by atoms with E-state index in [4.69, 9.17) is 0 Å². The van der Waals surface area contributed by atoms with Gasteiger partial charge in [0, 0.05) is 42.2 Å². The number of carbonyl (C=O) groups excluding carboxylic acids is 2. The lowest BCUT2D eigenvalue weighted by atomic mass is 9.95. The van der Waals surface area contributed by atoms with Gasteiger partial charge in [0.25, 0.3) is 5.91 Å². The molecule has 4 rings (SSSR count). The van der Waals surface area contributed by atoms with Crippen LogP contribution in [0.1, 0.15) is 40.9 Å². The van der Waals surface area contributed by atoms with Crippen LogP contribution in [0, 0.1) is 18.7 Å². The Morgan fingerprint density at radius 1 is 1.08 bits per heavy atom. The average molecular weight is 374 g/mol. The fourth-order valence-electron chi connectivity index (χ4n) is 4.13. The summed E-state index contributed by atoms with van der Waals surface area (Å²) >= 11 is 1.36. The third-order valence-electron chi connectivity index (χ3n) is 5.65. The minimum Gasteiger partial charge on any atom is -0.342 e. The molecule has 4 nitrogen and oxygen atoms in total. The van der Waals surface area contributed by atoms with Crippen LogP contribution >= 0.6 is 11.3 Å². The summed E-state index contributed by atoms with van der Waals surface area (Å²) in [7, 11) is 0. The van der Waals surface area contributed by atoms with Crippen LogP contribution < -0.4 is 0 Å². The highest BCUT2D eigenvalue weighted by Crippen LogP contribution is 2.34. The quantitative estimate of drug-likeness (QED) is 0.802. The van der Waals surface area contributed by atoms with Crippen LogP contribution in [-0.2, 0) is 4.79 Å². The Kier molecular flexibility index (Phi) is 4.69. The van der Waals surface area contributed by atoms with Gasteiger partial charge < -0.3 is 9.80 Å². The van der Waals surface area contributed by atoms with E-state index in [0.29, 0.717) is 23.4 Å². The highest BCUT2D eigenvalue weighted by atomic mass is 32.1. The first-order valence-corrected chi connectivity index (χ1v) is 10.1. The van der Waals surface area contributed by atoms with Gasteiger partial charge in [0.2, 0.25) is 5.91 Å². The Labute approximate surface area is 156 Å². The first kappa shape index (κ1) is 17.5. The second kappa shape index (κ2) is 6.99. The van der Waals surface area contributed by atoms with E-state index in [1.165, 1.54) is 17.4 Å². The zero-order valence-corrected chi connectivity index (χ0v) is 15.8. The van der Waals surface area contributed by atoms with Gasteiger partial charge in [-0.3, -0.25) is 9.59 Å². The molecule has 0 radical (unpaired) electrons. The minimum absolute atomic E-state index is 0.0322. The maximum atomic E-state index is 14.1.